The minimum absolute atomic E-state index is 0.247. The van der Waals surface area contributed by atoms with Gasteiger partial charge in [0.05, 0.1) is 13.2 Å². The number of ether oxygens (including phenoxy) is 2. The van der Waals surface area contributed by atoms with Gasteiger partial charge in [-0.25, -0.2) is 0 Å². The Balaban J connectivity index is 4.39. The first kappa shape index (κ1) is 81.0. The van der Waals surface area contributed by atoms with Crippen molar-refractivity contribution in [1.29, 1.82) is 0 Å². The molecule has 0 aromatic heterocycles. The molecule has 0 atom stereocenters. The maximum absolute atomic E-state index is 12.3. The molecular weight excluding hydrogens is 1050 g/mol. The van der Waals surface area contributed by atoms with Crippen LogP contribution in [0.25, 0.3) is 0 Å². The average molecular weight is 1180 g/mol. The number of rotatable bonds is 48. The first-order valence-corrected chi connectivity index (χ1v) is 34.2. The molecule has 0 rings (SSSR count). The molecule has 484 valence electrons. The molecule has 0 spiro atoms. The van der Waals surface area contributed by atoms with E-state index in [9.17, 15) is 9.59 Å². The minimum atomic E-state index is -0.894. The Kier molecular flexibility index (Phi) is 50.0. The van der Waals surface area contributed by atoms with Crippen LogP contribution in [0.5, 0.6) is 0 Å². The largest absolute Gasteiger partial charge is 0.465 e. The van der Waals surface area contributed by atoms with Gasteiger partial charge in [-0.2, -0.15) is 0 Å². The normalized spacial score (nSPS) is 14.7. The Bertz CT molecular complexity index is 2390. The molecule has 0 saturated heterocycles. The molecule has 0 fully saturated rings. The highest BCUT2D eigenvalue weighted by Gasteiger charge is 2.28. The van der Waals surface area contributed by atoms with Gasteiger partial charge in [0.2, 0.25) is 0 Å². The van der Waals surface area contributed by atoms with Gasteiger partial charge < -0.3 is 9.47 Å². The predicted molar refractivity (Wildman–Crippen MR) is 383 cm³/mol. The Morgan fingerprint density at radius 3 is 0.512 bits per heavy atom. The number of hydrogen-bond acceptors (Lipinski definition) is 4. The van der Waals surface area contributed by atoms with Gasteiger partial charge in [0.25, 0.3) is 0 Å². The van der Waals surface area contributed by atoms with Crippen LogP contribution < -0.4 is 0 Å². The third-order valence-corrected chi connectivity index (χ3v) is 16.3. The molecule has 0 aliphatic carbocycles. The smallest absolute Gasteiger partial charge is 0.320 e. The van der Waals surface area contributed by atoms with Crippen LogP contribution in [0, 0.1) is 5.92 Å². The van der Waals surface area contributed by atoms with Crippen molar-refractivity contribution in [2.75, 3.05) is 13.2 Å². The second-order valence-electron chi connectivity index (χ2n) is 25.8. The molecule has 0 radical (unpaired) electrons. The molecule has 86 heavy (non-hydrogen) atoms. The lowest BCUT2D eigenvalue weighted by Crippen LogP contribution is -2.27. The van der Waals surface area contributed by atoms with Crippen LogP contribution in [-0.2, 0) is 19.1 Å². The molecule has 0 saturated carbocycles. The molecule has 0 aliphatic rings. The van der Waals surface area contributed by atoms with Gasteiger partial charge in [-0.1, -0.05) is 175 Å². The van der Waals surface area contributed by atoms with E-state index < -0.39 is 17.9 Å². The van der Waals surface area contributed by atoms with Crippen LogP contribution in [0.4, 0.5) is 0 Å². The van der Waals surface area contributed by atoms with Gasteiger partial charge >= 0.3 is 11.9 Å². The van der Waals surface area contributed by atoms with Crippen molar-refractivity contribution in [2.45, 2.75) is 311 Å². The fraction of sp³-hybridized carbons (Fsp3) is 0.610. The van der Waals surface area contributed by atoms with E-state index in [1.807, 2.05) is 6.08 Å². The number of hydrogen-bond donors (Lipinski definition) is 0. The number of carbonyl (C=O) groups excluding carboxylic acids is 2. The number of allylic oxidation sites excluding steroid dienone is 30. The van der Waals surface area contributed by atoms with Crippen LogP contribution in [0.2, 0.25) is 0 Å². The van der Waals surface area contributed by atoms with Crippen LogP contribution in [-0.4, -0.2) is 25.2 Å². The molecule has 4 nitrogen and oxygen atoms in total. The van der Waals surface area contributed by atoms with Gasteiger partial charge in [-0.05, 0) is 311 Å². The minimum Gasteiger partial charge on any atom is -0.465 e. The van der Waals surface area contributed by atoms with E-state index in [1.165, 1.54) is 117 Å². The lowest BCUT2D eigenvalue weighted by Gasteiger charge is -2.13. The van der Waals surface area contributed by atoms with Crippen LogP contribution in [0.15, 0.2) is 175 Å². The Hall–Kier alpha value is -4.96. The average Bonchev–Trinajstić information content (AvgIpc) is 3.61. The van der Waals surface area contributed by atoms with Gasteiger partial charge in [0.15, 0.2) is 5.92 Å². The third kappa shape index (κ3) is 50.1. The fourth-order valence-corrected chi connectivity index (χ4v) is 10.2. The summed E-state index contributed by atoms with van der Waals surface area (Å²) >= 11 is 0. The Morgan fingerprint density at radius 1 is 0.233 bits per heavy atom. The first-order chi connectivity index (χ1) is 41.0. The van der Waals surface area contributed by atoms with Crippen molar-refractivity contribution in [2.24, 2.45) is 5.92 Å². The molecule has 0 aromatic carbocycles. The summed E-state index contributed by atoms with van der Waals surface area (Å²) in [5.74, 6) is -1.92. The van der Waals surface area contributed by atoms with Crippen molar-refractivity contribution < 1.29 is 19.1 Å². The number of esters is 2. The molecule has 0 heterocycles. The number of carbonyl (C=O) groups is 2. The predicted octanol–water partition coefficient (Wildman–Crippen LogP) is 26.3. The summed E-state index contributed by atoms with van der Waals surface area (Å²) in [5.41, 5.74) is 22.1. The zero-order valence-corrected chi connectivity index (χ0v) is 59.3. The summed E-state index contributed by atoms with van der Waals surface area (Å²) in [4.78, 5) is 24.5. The van der Waals surface area contributed by atoms with Crippen LogP contribution in [0.3, 0.4) is 0 Å². The summed E-state index contributed by atoms with van der Waals surface area (Å²) in [6.07, 6.45) is 68.0. The highest BCUT2D eigenvalue weighted by Crippen LogP contribution is 2.22. The van der Waals surface area contributed by atoms with Crippen molar-refractivity contribution in [3.05, 3.63) is 175 Å². The molecule has 0 aliphatic heterocycles. The topological polar surface area (TPSA) is 52.6 Å². The fourth-order valence-electron chi connectivity index (χ4n) is 10.2. The van der Waals surface area contributed by atoms with Gasteiger partial charge in [0, 0.05) is 0 Å². The van der Waals surface area contributed by atoms with E-state index in [2.05, 4.69) is 196 Å². The molecule has 0 unspecified atom stereocenters. The van der Waals surface area contributed by atoms with Crippen LogP contribution in [0.1, 0.15) is 311 Å². The van der Waals surface area contributed by atoms with E-state index in [-0.39, 0.29) is 13.2 Å². The van der Waals surface area contributed by atoms with E-state index in [0.717, 1.165) is 147 Å². The summed E-state index contributed by atoms with van der Waals surface area (Å²) < 4.78 is 10.2. The Labute approximate surface area is 533 Å². The van der Waals surface area contributed by atoms with Crippen molar-refractivity contribution in [3.8, 4) is 0 Å². The van der Waals surface area contributed by atoms with Crippen LogP contribution >= 0.6 is 0 Å². The summed E-state index contributed by atoms with van der Waals surface area (Å²) in [5, 5.41) is 0. The lowest BCUT2D eigenvalue weighted by atomic mass is 10.0. The highest BCUT2D eigenvalue weighted by atomic mass is 16.6. The molecule has 0 aromatic rings. The monoisotopic (exact) mass is 1180 g/mol. The lowest BCUT2D eigenvalue weighted by molar-refractivity contribution is -0.161. The second-order valence-corrected chi connectivity index (χ2v) is 25.8. The van der Waals surface area contributed by atoms with Crippen molar-refractivity contribution in [1.82, 2.24) is 0 Å². The third-order valence-electron chi connectivity index (χ3n) is 16.3. The Morgan fingerprint density at radius 2 is 0.372 bits per heavy atom. The molecule has 0 bridgehead atoms. The van der Waals surface area contributed by atoms with E-state index in [1.54, 1.807) is 13.8 Å². The van der Waals surface area contributed by atoms with E-state index >= 15 is 0 Å². The summed E-state index contributed by atoms with van der Waals surface area (Å²) in [6.45, 7) is 40.2. The first-order valence-electron chi connectivity index (χ1n) is 34.2. The zero-order valence-electron chi connectivity index (χ0n) is 59.3. The quantitative estimate of drug-likeness (QED) is 0.0346. The highest BCUT2D eigenvalue weighted by molar-refractivity contribution is 5.95. The molecule has 4 heteroatoms. The van der Waals surface area contributed by atoms with Crippen molar-refractivity contribution in [3.63, 3.8) is 0 Å². The maximum atomic E-state index is 12.3. The van der Waals surface area contributed by atoms with Crippen molar-refractivity contribution >= 4 is 11.9 Å². The standard InChI is InChI=1S/C82H132O4/c1-19-85-81(83)80(82(84)86-20-2)64-63-79(18)62-34-61-78(17)60-33-59-77(16)58-32-57-76(15)56-31-55-75(14)54-30-53-74(13)52-29-51-73(12)50-28-49-72(11)48-27-47-71(10)46-26-45-70(9)44-25-43-69(8)42-24-41-68(7)40-23-39-67(6)38-22-37-66(5)36-21-35-65(3)4/h35,37,39,41,43,45,47,49,51,53,55,57,59,61,63,80H,19-34,36,38,40,42,44,46,48,50,52,54,56,58,60,62,64H2,1-18H3/b66-37+,67-39+,68-41-,69-43-,70-45-,71-47-,72-49-,73-51-,74-53-,75-55-,76-57-,77-59-,78-61-,79-63-. The maximum Gasteiger partial charge on any atom is 0.320 e. The second kappa shape index (κ2) is 53.1. The molecule has 0 amide bonds. The summed E-state index contributed by atoms with van der Waals surface area (Å²) in [7, 11) is 0. The van der Waals surface area contributed by atoms with E-state index in [4.69, 9.17) is 9.47 Å². The van der Waals surface area contributed by atoms with Gasteiger partial charge in [-0.15, -0.1) is 0 Å². The SMILES string of the molecule is CCOC(=O)C(C/C=C(/C)CC/C=C(/C)CC/C=C(/C)CC/C=C(/C)CC/C=C(/C)CC/C=C(/C)CC/C=C(/C)CC/C=C(/C)CC/C=C(/C)CC/C=C(/C)CC/C=C(/C)CC/C=C(/C)CC/C=C(\C)CC/C=C(\C)CCC=C(C)C)C(=O)OCC. The van der Waals surface area contributed by atoms with Gasteiger partial charge in [-0.3, -0.25) is 9.59 Å². The summed E-state index contributed by atoms with van der Waals surface area (Å²) in [6, 6.07) is 0. The van der Waals surface area contributed by atoms with Gasteiger partial charge in [0.1, 0.15) is 0 Å². The molecule has 0 N–H and O–H groups in total. The van der Waals surface area contributed by atoms with E-state index in [0.29, 0.717) is 6.42 Å². The zero-order chi connectivity index (χ0) is 64.3. The molecular formula is C82H132O4.